The average Bonchev–Trinajstić information content (AvgIpc) is 3.56. The van der Waals surface area contributed by atoms with Crippen molar-refractivity contribution in [3.05, 3.63) is 71.1 Å². The van der Waals surface area contributed by atoms with Gasteiger partial charge in [0, 0.05) is 23.8 Å². The fourth-order valence-corrected chi connectivity index (χ4v) is 4.80. The number of fused-ring (bicyclic) bond motifs is 2. The standard InChI is InChI=1S/C20H26N4O3.C8H8N2.2C2H6/c1-12-13(2)22-19(21-12)16-11-15(6-7-24(16)3)23-20(25)14-4-5-17-18(10-14)27-9-8-26-17;1-6-9-7-4-2-3-5-8(7)10-6;2*1-2/h4-5,10,15-16H,6-9,11H2,1-3H3,(H,21,22)(H,23,25);2-5H,1H3,(H,9,10);2*1-2H3/t15?,16-;;;/m1.../s1. The number of imidazole rings is 2. The number of H-pyrrole nitrogens is 2. The van der Waals surface area contributed by atoms with Crippen molar-refractivity contribution in [2.24, 2.45) is 0 Å². The largest absolute Gasteiger partial charge is 0.486 e. The van der Waals surface area contributed by atoms with Crippen LogP contribution < -0.4 is 14.8 Å². The van der Waals surface area contributed by atoms with Crippen molar-refractivity contribution in [1.29, 1.82) is 0 Å². The third-order valence-corrected chi connectivity index (χ3v) is 6.98. The van der Waals surface area contributed by atoms with Crippen LogP contribution in [0.25, 0.3) is 11.0 Å². The number of carbonyl (C=O) groups excluding carboxylic acids is 1. The van der Waals surface area contributed by atoms with Gasteiger partial charge in [-0.2, -0.15) is 0 Å². The van der Waals surface area contributed by atoms with Crippen LogP contribution in [-0.2, 0) is 0 Å². The Balaban J connectivity index is 0.000000274. The van der Waals surface area contributed by atoms with E-state index >= 15 is 0 Å². The van der Waals surface area contributed by atoms with E-state index in [1.165, 1.54) is 0 Å². The smallest absolute Gasteiger partial charge is 0.251 e. The number of ether oxygens (including phenoxy) is 2. The Morgan fingerprint density at radius 2 is 1.66 bits per heavy atom. The van der Waals surface area contributed by atoms with Crippen molar-refractivity contribution < 1.29 is 14.3 Å². The van der Waals surface area contributed by atoms with Gasteiger partial charge in [0.2, 0.25) is 0 Å². The van der Waals surface area contributed by atoms with Crippen LogP contribution in [0.2, 0.25) is 0 Å². The molecule has 1 unspecified atom stereocenters. The lowest BCUT2D eigenvalue weighted by molar-refractivity contribution is 0.0883. The SMILES string of the molecule is CC.CC.Cc1nc([C@H]2CC(NC(=O)c3ccc4c(c3)OCCO4)CCN2C)[nH]c1C.Cc1nc2ccccc2[nH]1. The molecule has 222 valence electrons. The van der Waals surface area contributed by atoms with Gasteiger partial charge in [0.05, 0.1) is 22.8 Å². The van der Waals surface area contributed by atoms with E-state index in [-0.39, 0.29) is 18.0 Å². The number of benzene rings is 2. The van der Waals surface area contributed by atoms with Gasteiger partial charge in [-0.25, -0.2) is 9.97 Å². The van der Waals surface area contributed by atoms with Gasteiger partial charge in [-0.15, -0.1) is 0 Å². The molecule has 1 fully saturated rings. The van der Waals surface area contributed by atoms with Crippen LogP contribution in [0.15, 0.2) is 42.5 Å². The summed E-state index contributed by atoms with van der Waals surface area (Å²) in [4.78, 5) is 30.5. The van der Waals surface area contributed by atoms with Gasteiger partial charge < -0.3 is 24.8 Å². The first-order valence-corrected chi connectivity index (χ1v) is 14.7. The van der Waals surface area contributed by atoms with Crippen LogP contribution in [0.3, 0.4) is 0 Å². The molecule has 9 nitrogen and oxygen atoms in total. The molecule has 2 aliphatic heterocycles. The van der Waals surface area contributed by atoms with E-state index in [1.54, 1.807) is 18.2 Å². The minimum absolute atomic E-state index is 0.0768. The second kappa shape index (κ2) is 15.2. The van der Waals surface area contributed by atoms with Crippen molar-refractivity contribution in [2.75, 3.05) is 26.8 Å². The molecule has 1 amide bonds. The van der Waals surface area contributed by atoms with Crippen molar-refractivity contribution in [3.8, 4) is 11.5 Å². The second-order valence-electron chi connectivity index (χ2n) is 9.72. The lowest BCUT2D eigenvalue weighted by Crippen LogP contribution is -2.45. The van der Waals surface area contributed by atoms with E-state index in [4.69, 9.17) is 9.47 Å². The van der Waals surface area contributed by atoms with Gasteiger partial charge in [0.15, 0.2) is 11.5 Å². The van der Waals surface area contributed by atoms with E-state index in [1.807, 2.05) is 72.7 Å². The molecule has 2 aliphatic rings. The minimum Gasteiger partial charge on any atom is -0.486 e. The van der Waals surface area contributed by atoms with E-state index < -0.39 is 0 Å². The highest BCUT2D eigenvalue weighted by molar-refractivity contribution is 5.95. The van der Waals surface area contributed by atoms with Gasteiger partial charge >= 0.3 is 0 Å². The molecule has 3 N–H and O–H groups in total. The fraction of sp³-hybridized carbons (Fsp3) is 0.469. The quantitative estimate of drug-likeness (QED) is 0.271. The Morgan fingerprint density at radius 1 is 0.951 bits per heavy atom. The molecule has 0 spiro atoms. The number of piperidine rings is 1. The highest BCUT2D eigenvalue weighted by Gasteiger charge is 2.30. The van der Waals surface area contributed by atoms with E-state index in [0.717, 1.165) is 53.5 Å². The number of para-hydroxylation sites is 2. The molecule has 2 aromatic heterocycles. The average molecular weight is 563 g/mol. The highest BCUT2D eigenvalue weighted by atomic mass is 16.6. The van der Waals surface area contributed by atoms with Crippen molar-refractivity contribution in [3.63, 3.8) is 0 Å². The molecule has 2 atom stereocenters. The predicted molar refractivity (Wildman–Crippen MR) is 165 cm³/mol. The third kappa shape index (κ3) is 8.10. The molecular weight excluding hydrogens is 516 g/mol. The van der Waals surface area contributed by atoms with Crippen LogP contribution in [0.5, 0.6) is 11.5 Å². The van der Waals surface area contributed by atoms with Crippen LogP contribution in [0.4, 0.5) is 0 Å². The molecule has 1 saturated heterocycles. The van der Waals surface area contributed by atoms with Crippen LogP contribution in [0, 0.1) is 20.8 Å². The summed E-state index contributed by atoms with van der Waals surface area (Å²) < 4.78 is 11.1. The molecule has 4 aromatic rings. The maximum atomic E-state index is 12.7. The number of rotatable bonds is 3. The molecule has 2 aromatic carbocycles. The maximum Gasteiger partial charge on any atom is 0.251 e. The zero-order chi connectivity index (χ0) is 29.9. The Hall–Kier alpha value is -3.85. The predicted octanol–water partition coefficient (Wildman–Crippen LogP) is 6.29. The first-order valence-electron chi connectivity index (χ1n) is 14.7. The molecule has 9 heteroatoms. The topological polar surface area (TPSA) is 108 Å². The van der Waals surface area contributed by atoms with E-state index in [9.17, 15) is 4.79 Å². The lowest BCUT2D eigenvalue weighted by atomic mass is 9.96. The highest BCUT2D eigenvalue weighted by Crippen LogP contribution is 2.32. The zero-order valence-electron chi connectivity index (χ0n) is 25.8. The zero-order valence-corrected chi connectivity index (χ0v) is 25.8. The summed E-state index contributed by atoms with van der Waals surface area (Å²) in [5, 5.41) is 3.18. The molecule has 0 saturated carbocycles. The lowest BCUT2D eigenvalue weighted by Gasteiger charge is -2.36. The number of aryl methyl sites for hydroxylation is 3. The first-order chi connectivity index (χ1) is 19.9. The van der Waals surface area contributed by atoms with Gasteiger partial charge in [-0.1, -0.05) is 39.8 Å². The molecule has 6 rings (SSSR count). The fourth-order valence-electron chi connectivity index (χ4n) is 4.80. The van der Waals surface area contributed by atoms with E-state index in [2.05, 4.69) is 37.2 Å². The second-order valence-corrected chi connectivity index (χ2v) is 9.72. The van der Waals surface area contributed by atoms with Crippen LogP contribution in [0.1, 0.15) is 80.0 Å². The number of likely N-dealkylation sites (tertiary alicyclic amines) is 1. The summed E-state index contributed by atoms with van der Waals surface area (Å²) >= 11 is 0. The van der Waals surface area contributed by atoms with Crippen molar-refractivity contribution in [1.82, 2.24) is 30.2 Å². The van der Waals surface area contributed by atoms with E-state index in [0.29, 0.717) is 30.3 Å². The summed E-state index contributed by atoms with van der Waals surface area (Å²) in [6.07, 6.45) is 1.75. The first kappa shape index (κ1) is 31.7. The molecule has 0 aliphatic carbocycles. The monoisotopic (exact) mass is 562 g/mol. The third-order valence-electron chi connectivity index (χ3n) is 6.98. The number of aromatic amines is 2. The molecular formula is C32H46N6O3. The number of nitrogens with one attached hydrogen (secondary N) is 3. The summed E-state index contributed by atoms with van der Waals surface area (Å²) in [5.74, 6) is 3.21. The van der Waals surface area contributed by atoms with Crippen molar-refractivity contribution in [2.45, 2.75) is 73.4 Å². The molecule has 0 bridgehead atoms. The molecule has 0 radical (unpaired) electrons. The number of hydrogen-bond donors (Lipinski definition) is 3. The Labute approximate surface area is 244 Å². The summed E-state index contributed by atoms with van der Waals surface area (Å²) in [6.45, 7) is 16.0. The van der Waals surface area contributed by atoms with Gasteiger partial charge in [0.1, 0.15) is 24.9 Å². The number of nitrogens with zero attached hydrogens (tertiary/aromatic N) is 3. The molecule has 4 heterocycles. The summed E-state index contributed by atoms with van der Waals surface area (Å²) in [5.41, 5.74) is 4.88. The van der Waals surface area contributed by atoms with Gasteiger partial charge in [-0.3, -0.25) is 9.69 Å². The maximum absolute atomic E-state index is 12.7. The normalized spacial score (nSPS) is 17.7. The Kier molecular flexibility index (Phi) is 11.8. The van der Waals surface area contributed by atoms with Gasteiger partial charge in [0.25, 0.3) is 5.91 Å². The molecule has 41 heavy (non-hydrogen) atoms. The summed E-state index contributed by atoms with van der Waals surface area (Å²) in [7, 11) is 2.11. The summed E-state index contributed by atoms with van der Waals surface area (Å²) in [6, 6.07) is 13.6. The number of aromatic nitrogens is 4. The van der Waals surface area contributed by atoms with Gasteiger partial charge in [-0.05, 0) is 71.0 Å². The minimum atomic E-state index is -0.0768. The Bertz CT molecular complexity index is 1340. The number of amides is 1. The number of carbonyl (C=O) groups is 1. The van der Waals surface area contributed by atoms with Crippen LogP contribution >= 0.6 is 0 Å². The van der Waals surface area contributed by atoms with Crippen LogP contribution in [-0.4, -0.2) is 63.6 Å². The number of hydrogen-bond acceptors (Lipinski definition) is 6. The Morgan fingerprint density at radius 3 is 2.34 bits per heavy atom. The van der Waals surface area contributed by atoms with Crippen molar-refractivity contribution >= 4 is 16.9 Å².